The highest BCUT2D eigenvalue weighted by atomic mass is 35.5. The van der Waals surface area contributed by atoms with E-state index in [-0.39, 0.29) is 11.6 Å². The van der Waals surface area contributed by atoms with Crippen LogP contribution in [0.1, 0.15) is 31.7 Å². The standard InChI is InChI=1S/C28H29ClFN5O6/c1-15(34(3)4)31-27(37)26-25(39-16(2)36)23(35-13-21(32-33-35)18-10-11-19(29)20(30)12-18)24-22(40-26)14-38-28(41-24)17-8-6-5-7-9-17/h5-13,22-26,28H,14H2,1-4H3/t22-,23+,24+,25-,26-,28?/m1/s1. The minimum Gasteiger partial charge on any atom is -0.457 e. The second-order valence-electron chi connectivity index (χ2n) is 9.94. The summed E-state index contributed by atoms with van der Waals surface area (Å²) >= 11 is 5.85. The lowest BCUT2D eigenvalue weighted by atomic mass is 9.91. The Bertz CT molecular complexity index is 1450. The van der Waals surface area contributed by atoms with Gasteiger partial charge in [0.15, 0.2) is 18.5 Å². The molecule has 0 aliphatic carbocycles. The van der Waals surface area contributed by atoms with Crippen LogP contribution in [-0.2, 0) is 28.5 Å². The summed E-state index contributed by atoms with van der Waals surface area (Å²) in [6.07, 6.45) is -3.18. The van der Waals surface area contributed by atoms with Crippen molar-refractivity contribution in [2.24, 2.45) is 4.99 Å². The molecule has 0 bridgehead atoms. The van der Waals surface area contributed by atoms with E-state index in [1.54, 1.807) is 38.2 Å². The number of amides is 1. The lowest BCUT2D eigenvalue weighted by Crippen LogP contribution is -2.62. The van der Waals surface area contributed by atoms with Gasteiger partial charge in [0.05, 0.1) is 17.8 Å². The van der Waals surface area contributed by atoms with E-state index in [1.807, 2.05) is 30.3 Å². The number of carbonyl (C=O) groups excluding carboxylic acids is 2. The van der Waals surface area contributed by atoms with Crippen molar-refractivity contribution in [1.82, 2.24) is 19.9 Å². The van der Waals surface area contributed by atoms with Crippen molar-refractivity contribution in [3.8, 4) is 11.3 Å². The summed E-state index contributed by atoms with van der Waals surface area (Å²) in [4.78, 5) is 31.6. The summed E-state index contributed by atoms with van der Waals surface area (Å²) in [5.41, 5.74) is 1.54. The van der Waals surface area contributed by atoms with E-state index in [0.717, 1.165) is 5.56 Å². The number of nitrogens with zero attached hydrogens (tertiary/aromatic N) is 5. The van der Waals surface area contributed by atoms with Crippen LogP contribution in [0.25, 0.3) is 11.3 Å². The molecule has 2 saturated heterocycles. The van der Waals surface area contributed by atoms with Gasteiger partial charge in [-0.05, 0) is 19.1 Å². The molecular weight excluding hydrogens is 557 g/mol. The number of esters is 1. The number of hydrogen-bond acceptors (Lipinski definition) is 8. The third-order valence-electron chi connectivity index (χ3n) is 6.92. The first kappa shape index (κ1) is 28.8. The van der Waals surface area contributed by atoms with E-state index >= 15 is 0 Å². The number of amidine groups is 1. The van der Waals surface area contributed by atoms with Crippen molar-refractivity contribution >= 4 is 29.3 Å². The normalized spacial score (nSPS) is 26.2. The summed E-state index contributed by atoms with van der Waals surface area (Å²) in [5.74, 6) is -1.45. The van der Waals surface area contributed by atoms with Crippen molar-refractivity contribution in [1.29, 1.82) is 0 Å². The Morgan fingerprint density at radius 3 is 2.59 bits per heavy atom. The van der Waals surface area contributed by atoms with Crippen LogP contribution < -0.4 is 0 Å². The van der Waals surface area contributed by atoms with E-state index in [2.05, 4.69) is 15.3 Å². The van der Waals surface area contributed by atoms with Gasteiger partial charge in [0.25, 0.3) is 5.91 Å². The van der Waals surface area contributed by atoms with Crippen LogP contribution in [0.5, 0.6) is 0 Å². The zero-order valence-electron chi connectivity index (χ0n) is 22.8. The Balaban J connectivity index is 1.57. The predicted octanol–water partition coefficient (Wildman–Crippen LogP) is 3.60. The molecule has 3 heterocycles. The molecule has 1 amide bonds. The Morgan fingerprint density at radius 2 is 1.90 bits per heavy atom. The lowest BCUT2D eigenvalue weighted by molar-refractivity contribution is -0.313. The summed E-state index contributed by atoms with van der Waals surface area (Å²) < 4.78 is 39.9. The third-order valence-corrected chi connectivity index (χ3v) is 7.23. The fourth-order valence-corrected chi connectivity index (χ4v) is 4.85. The maximum absolute atomic E-state index is 14.2. The van der Waals surface area contributed by atoms with Gasteiger partial charge in [0.1, 0.15) is 35.6 Å². The van der Waals surface area contributed by atoms with Gasteiger partial charge >= 0.3 is 5.97 Å². The molecule has 13 heteroatoms. The minimum atomic E-state index is -1.29. The van der Waals surface area contributed by atoms with Gasteiger partial charge in [-0.15, -0.1) is 5.10 Å². The number of halogens is 2. The van der Waals surface area contributed by atoms with Crippen LogP contribution in [-0.4, -0.2) is 82.7 Å². The summed E-state index contributed by atoms with van der Waals surface area (Å²) in [6.45, 7) is 2.99. The Kier molecular flexibility index (Phi) is 8.45. The van der Waals surface area contributed by atoms with E-state index in [9.17, 15) is 14.0 Å². The van der Waals surface area contributed by atoms with Crippen LogP contribution in [0.3, 0.4) is 0 Å². The van der Waals surface area contributed by atoms with E-state index in [1.165, 1.54) is 23.7 Å². The van der Waals surface area contributed by atoms with Gasteiger partial charge in [-0.1, -0.05) is 53.2 Å². The van der Waals surface area contributed by atoms with Gasteiger partial charge in [-0.25, -0.2) is 9.07 Å². The Labute approximate surface area is 240 Å². The number of fused-ring (bicyclic) bond motifs is 1. The number of aromatic nitrogens is 3. The van der Waals surface area contributed by atoms with Crippen LogP contribution in [0, 0.1) is 5.82 Å². The highest BCUT2D eigenvalue weighted by molar-refractivity contribution is 6.30. The van der Waals surface area contributed by atoms with Crippen LogP contribution >= 0.6 is 11.6 Å². The number of hydrogen-bond donors (Lipinski definition) is 0. The van der Waals surface area contributed by atoms with Crippen molar-refractivity contribution < 1.29 is 32.9 Å². The van der Waals surface area contributed by atoms with E-state index in [4.69, 9.17) is 30.5 Å². The summed E-state index contributed by atoms with van der Waals surface area (Å²) in [7, 11) is 3.50. The number of carbonyl (C=O) groups is 2. The number of aliphatic imine (C=N–C) groups is 1. The predicted molar refractivity (Wildman–Crippen MR) is 145 cm³/mol. The molecule has 41 heavy (non-hydrogen) atoms. The molecule has 6 atom stereocenters. The smallest absolute Gasteiger partial charge is 0.303 e. The molecule has 216 valence electrons. The molecule has 2 fully saturated rings. The minimum absolute atomic E-state index is 0.0270. The maximum Gasteiger partial charge on any atom is 0.303 e. The van der Waals surface area contributed by atoms with Gasteiger partial charge in [0.2, 0.25) is 0 Å². The van der Waals surface area contributed by atoms with Gasteiger partial charge in [0, 0.05) is 32.1 Å². The molecule has 2 aliphatic rings. The quantitative estimate of drug-likeness (QED) is 0.251. The Hall–Kier alpha value is -3.71. The lowest BCUT2D eigenvalue weighted by Gasteiger charge is -2.48. The first-order chi connectivity index (χ1) is 19.6. The molecule has 1 unspecified atom stereocenters. The molecule has 0 radical (unpaired) electrons. The molecular formula is C28H29ClFN5O6. The zero-order chi connectivity index (χ0) is 29.3. The number of rotatable bonds is 5. The molecule has 1 aromatic heterocycles. The van der Waals surface area contributed by atoms with Crippen molar-refractivity contribution in [3.63, 3.8) is 0 Å². The highest BCUT2D eigenvalue weighted by Crippen LogP contribution is 2.41. The zero-order valence-corrected chi connectivity index (χ0v) is 23.6. The van der Waals surface area contributed by atoms with E-state index in [0.29, 0.717) is 17.1 Å². The van der Waals surface area contributed by atoms with Gasteiger partial charge in [-0.3, -0.25) is 9.59 Å². The second-order valence-corrected chi connectivity index (χ2v) is 10.3. The molecule has 0 saturated carbocycles. The fraction of sp³-hybridized carbons (Fsp3) is 0.393. The molecule has 5 rings (SSSR count). The number of ether oxygens (including phenoxy) is 4. The fourth-order valence-electron chi connectivity index (χ4n) is 4.74. The molecule has 2 aromatic carbocycles. The summed E-state index contributed by atoms with van der Waals surface area (Å²) in [6, 6.07) is 12.7. The third kappa shape index (κ3) is 6.15. The van der Waals surface area contributed by atoms with Crippen LogP contribution in [0.2, 0.25) is 5.02 Å². The van der Waals surface area contributed by atoms with Crippen LogP contribution in [0.15, 0.2) is 59.7 Å². The second kappa shape index (κ2) is 12.0. The number of benzene rings is 2. The first-order valence-corrected chi connectivity index (χ1v) is 13.3. The summed E-state index contributed by atoms with van der Waals surface area (Å²) in [5, 5.41) is 8.48. The van der Waals surface area contributed by atoms with E-state index < -0.39 is 54.4 Å². The van der Waals surface area contributed by atoms with Crippen LogP contribution in [0.4, 0.5) is 4.39 Å². The van der Waals surface area contributed by atoms with Crippen molar-refractivity contribution in [2.45, 2.75) is 50.6 Å². The molecule has 3 aromatic rings. The molecule has 11 nitrogen and oxygen atoms in total. The van der Waals surface area contributed by atoms with Crippen molar-refractivity contribution in [2.75, 3.05) is 20.7 Å². The topological polar surface area (TPSA) is 117 Å². The average Bonchev–Trinajstić information content (AvgIpc) is 3.43. The highest BCUT2D eigenvalue weighted by Gasteiger charge is 2.55. The van der Waals surface area contributed by atoms with Gasteiger partial charge < -0.3 is 23.8 Å². The molecule has 0 N–H and O–H groups in total. The largest absolute Gasteiger partial charge is 0.457 e. The SMILES string of the molecule is CC(=O)O[C@@H]1[C@@H](n2cc(-c3ccc(Cl)c(F)c3)nn2)[C@H]2OC(c3ccccc3)OC[C@H]2O[C@H]1C(=O)N=C(C)N(C)C. The maximum atomic E-state index is 14.2. The van der Waals surface area contributed by atoms with Crippen molar-refractivity contribution in [3.05, 3.63) is 71.1 Å². The Morgan fingerprint density at radius 1 is 1.15 bits per heavy atom. The molecule has 0 spiro atoms. The van der Waals surface area contributed by atoms with Gasteiger partial charge in [-0.2, -0.15) is 4.99 Å². The average molecular weight is 586 g/mol. The molecule has 2 aliphatic heterocycles. The monoisotopic (exact) mass is 585 g/mol. The first-order valence-electron chi connectivity index (χ1n) is 12.9.